The van der Waals surface area contributed by atoms with Crippen LogP contribution in [0.3, 0.4) is 0 Å². The lowest BCUT2D eigenvalue weighted by Gasteiger charge is -2.20. The van der Waals surface area contributed by atoms with Crippen molar-refractivity contribution in [3.05, 3.63) is 28.2 Å². The van der Waals surface area contributed by atoms with Gasteiger partial charge in [0.25, 0.3) is 15.0 Å². The average Bonchev–Trinajstić information content (AvgIpc) is 2.34. The number of benzene rings is 1. The normalized spacial score (nSPS) is 11.4. The second kappa shape index (κ2) is 6.72. The molecule has 0 aromatic heterocycles. The number of carbonyl (C=O) groups is 1. The molecule has 0 saturated heterocycles. The fraction of sp³-hybridized carbons (Fsp3) is 0.417. The first-order valence-corrected chi connectivity index (χ1v) is 8.95. The molecular formula is C12H15BrClNO3S. The number of carbonyl (C=O) groups excluding carboxylic acids is 1. The minimum absolute atomic E-state index is 0.0902. The van der Waals surface area contributed by atoms with Gasteiger partial charge in [-0.05, 0) is 47.5 Å². The van der Waals surface area contributed by atoms with Gasteiger partial charge in [0.2, 0.25) is 0 Å². The topological polar surface area (TPSA) is 54.5 Å². The SMILES string of the molecule is CCCN(CC)C(=O)c1ccc(Br)c(S(=O)(=O)Cl)c1. The van der Waals surface area contributed by atoms with Crippen molar-refractivity contribution < 1.29 is 13.2 Å². The van der Waals surface area contributed by atoms with Gasteiger partial charge in [0.1, 0.15) is 0 Å². The van der Waals surface area contributed by atoms with Gasteiger partial charge in [-0.2, -0.15) is 0 Å². The molecule has 4 nitrogen and oxygen atoms in total. The Balaban J connectivity index is 3.19. The molecule has 0 saturated carbocycles. The van der Waals surface area contributed by atoms with Crippen LogP contribution in [-0.4, -0.2) is 32.3 Å². The summed E-state index contributed by atoms with van der Waals surface area (Å²) in [5.74, 6) is -0.196. The molecule has 0 bridgehead atoms. The largest absolute Gasteiger partial charge is 0.339 e. The molecule has 19 heavy (non-hydrogen) atoms. The van der Waals surface area contributed by atoms with Crippen LogP contribution < -0.4 is 0 Å². The third kappa shape index (κ3) is 4.19. The van der Waals surface area contributed by atoms with Crippen LogP contribution in [0.2, 0.25) is 0 Å². The summed E-state index contributed by atoms with van der Waals surface area (Å²) in [6, 6.07) is 4.39. The Morgan fingerprint density at radius 2 is 2.00 bits per heavy atom. The molecule has 0 radical (unpaired) electrons. The Morgan fingerprint density at radius 1 is 1.37 bits per heavy atom. The third-order valence-electron chi connectivity index (χ3n) is 2.60. The first kappa shape index (κ1) is 16.5. The molecule has 0 spiro atoms. The lowest BCUT2D eigenvalue weighted by Crippen LogP contribution is -2.31. The molecule has 1 aromatic carbocycles. The van der Waals surface area contributed by atoms with E-state index in [0.29, 0.717) is 23.1 Å². The van der Waals surface area contributed by atoms with Gasteiger partial charge in [-0.1, -0.05) is 6.92 Å². The highest BCUT2D eigenvalue weighted by molar-refractivity contribution is 9.10. The van der Waals surface area contributed by atoms with Crippen molar-refractivity contribution in [3.63, 3.8) is 0 Å². The van der Waals surface area contributed by atoms with Crippen LogP contribution in [0.25, 0.3) is 0 Å². The van der Waals surface area contributed by atoms with E-state index in [1.807, 2.05) is 13.8 Å². The highest BCUT2D eigenvalue weighted by Crippen LogP contribution is 2.26. The minimum atomic E-state index is -3.88. The van der Waals surface area contributed by atoms with Crippen molar-refractivity contribution in [2.75, 3.05) is 13.1 Å². The summed E-state index contributed by atoms with van der Waals surface area (Å²) >= 11 is 3.11. The van der Waals surface area contributed by atoms with E-state index in [2.05, 4.69) is 15.9 Å². The monoisotopic (exact) mass is 367 g/mol. The zero-order valence-electron chi connectivity index (χ0n) is 10.7. The predicted molar refractivity (Wildman–Crippen MR) is 79.0 cm³/mol. The van der Waals surface area contributed by atoms with Crippen LogP contribution in [0.4, 0.5) is 0 Å². The third-order valence-corrected chi connectivity index (χ3v) is 4.92. The van der Waals surface area contributed by atoms with Crippen molar-refractivity contribution in [2.24, 2.45) is 0 Å². The van der Waals surface area contributed by atoms with Gasteiger partial charge in [-0.15, -0.1) is 0 Å². The summed E-state index contributed by atoms with van der Waals surface area (Å²) in [4.78, 5) is 13.8. The average molecular weight is 369 g/mol. The van der Waals surface area contributed by atoms with Crippen LogP contribution in [0, 0.1) is 0 Å². The Labute approximate surface area is 126 Å². The highest BCUT2D eigenvalue weighted by Gasteiger charge is 2.19. The predicted octanol–water partition coefficient (Wildman–Crippen LogP) is 3.25. The van der Waals surface area contributed by atoms with Crippen LogP contribution in [0.1, 0.15) is 30.6 Å². The zero-order chi connectivity index (χ0) is 14.6. The number of hydrogen-bond acceptors (Lipinski definition) is 3. The van der Waals surface area contributed by atoms with Crippen LogP contribution in [0.15, 0.2) is 27.6 Å². The van der Waals surface area contributed by atoms with Crippen LogP contribution in [-0.2, 0) is 9.05 Å². The van der Waals surface area contributed by atoms with E-state index in [1.54, 1.807) is 11.0 Å². The van der Waals surface area contributed by atoms with Crippen molar-refractivity contribution in [1.82, 2.24) is 4.90 Å². The Bertz CT molecular complexity index is 574. The summed E-state index contributed by atoms with van der Waals surface area (Å²) in [6.45, 7) is 5.07. The van der Waals surface area contributed by atoms with Gasteiger partial charge in [0.05, 0.1) is 4.90 Å². The number of nitrogens with zero attached hydrogens (tertiary/aromatic N) is 1. The quantitative estimate of drug-likeness (QED) is 0.750. The number of rotatable bonds is 5. The fourth-order valence-corrected chi connectivity index (χ4v) is 3.80. The molecule has 0 atom stereocenters. The van der Waals surface area contributed by atoms with E-state index in [-0.39, 0.29) is 10.8 Å². The lowest BCUT2D eigenvalue weighted by atomic mass is 10.2. The van der Waals surface area contributed by atoms with Gasteiger partial charge >= 0.3 is 0 Å². The Kier molecular flexibility index (Phi) is 5.82. The van der Waals surface area contributed by atoms with E-state index in [0.717, 1.165) is 6.42 Å². The van der Waals surface area contributed by atoms with E-state index in [4.69, 9.17) is 10.7 Å². The molecule has 0 fully saturated rings. The highest BCUT2D eigenvalue weighted by atomic mass is 79.9. The number of amides is 1. The smallest absolute Gasteiger partial charge is 0.262 e. The van der Waals surface area contributed by atoms with E-state index >= 15 is 0 Å². The second-order valence-electron chi connectivity index (χ2n) is 3.97. The van der Waals surface area contributed by atoms with Crippen LogP contribution in [0.5, 0.6) is 0 Å². The molecule has 1 amide bonds. The first-order chi connectivity index (χ1) is 8.81. The van der Waals surface area contributed by atoms with Crippen molar-refractivity contribution in [2.45, 2.75) is 25.2 Å². The van der Waals surface area contributed by atoms with E-state index < -0.39 is 9.05 Å². The van der Waals surface area contributed by atoms with Gasteiger partial charge in [-0.25, -0.2) is 8.42 Å². The lowest BCUT2D eigenvalue weighted by molar-refractivity contribution is 0.0764. The molecule has 0 aliphatic heterocycles. The van der Waals surface area contributed by atoms with Gasteiger partial charge in [0, 0.05) is 33.8 Å². The second-order valence-corrected chi connectivity index (χ2v) is 7.36. The number of halogens is 2. The molecule has 1 rings (SSSR count). The summed E-state index contributed by atoms with van der Waals surface area (Å²) in [5, 5.41) is 0. The van der Waals surface area contributed by atoms with Gasteiger partial charge in [-0.3, -0.25) is 4.79 Å². The van der Waals surface area contributed by atoms with Gasteiger partial charge in [0.15, 0.2) is 0 Å². The van der Waals surface area contributed by atoms with E-state index in [9.17, 15) is 13.2 Å². The molecule has 0 aliphatic rings. The molecular weight excluding hydrogens is 354 g/mol. The fourth-order valence-electron chi connectivity index (χ4n) is 1.68. The maximum absolute atomic E-state index is 12.2. The molecule has 7 heteroatoms. The molecule has 0 N–H and O–H groups in total. The van der Waals surface area contributed by atoms with Crippen molar-refractivity contribution in [3.8, 4) is 0 Å². The molecule has 0 aliphatic carbocycles. The van der Waals surface area contributed by atoms with E-state index in [1.165, 1.54) is 12.1 Å². The Hall–Kier alpha value is -0.590. The molecule has 0 unspecified atom stereocenters. The summed E-state index contributed by atoms with van der Waals surface area (Å²) in [7, 11) is 1.45. The first-order valence-electron chi connectivity index (χ1n) is 5.84. The maximum Gasteiger partial charge on any atom is 0.262 e. The summed E-state index contributed by atoms with van der Waals surface area (Å²) in [5.41, 5.74) is 0.317. The summed E-state index contributed by atoms with van der Waals surface area (Å²) in [6.07, 6.45) is 0.844. The van der Waals surface area contributed by atoms with Gasteiger partial charge < -0.3 is 4.90 Å². The van der Waals surface area contributed by atoms with Crippen molar-refractivity contribution >= 4 is 41.6 Å². The standard InChI is InChI=1S/C12H15BrClNO3S/c1-3-7-15(4-2)12(16)9-5-6-10(13)11(8-9)19(14,17)18/h5-6,8H,3-4,7H2,1-2H3. The zero-order valence-corrected chi connectivity index (χ0v) is 13.8. The maximum atomic E-state index is 12.2. The van der Waals surface area contributed by atoms with Crippen molar-refractivity contribution in [1.29, 1.82) is 0 Å². The molecule has 106 valence electrons. The molecule has 0 heterocycles. The summed E-state index contributed by atoms with van der Waals surface area (Å²) < 4.78 is 23.2. The number of hydrogen-bond donors (Lipinski definition) is 0. The Morgan fingerprint density at radius 3 is 2.47 bits per heavy atom. The van der Waals surface area contributed by atoms with Crippen LogP contribution >= 0.6 is 26.6 Å². The minimum Gasteiger partial charge on any atom is -0.339 e. The molecule has 1 aromatic rings.